The van der Waals surface area contributed by atoms with Crippen LogP contribution in [0.25, 0.3) is 10.9 Å². The number of benzene rings is 1. The molecule has 9 nitrogen and oxygen atoms in total. The SMILES string of the molecule is COc1cc(C(=O)Nc2c(C)nn(Cc3csc(N4CCOCC4)n3)c2C)c2ccccc2n1. The van der Waals surface area contributed by atoms with E-state index < -0.39 is 0 Å². The van der Waals surface area contributed by atoms with Crippen molar-refractivity contribution in [3.05, 3.63) is 58.4 Å². The number of aromatic nitrogens is 4. The van der Waals surface area contributed by atoms with Gasteiger partial charge in [0.25, 0.3) is 5.91 Å². The molecule has 1 fully saturated rings. The number of hydrogen-bond donors (Lipinski definition) is 1. The number of rotatable bonds is 6. The smallest absolute Gasteiger partial charge is 0.256 e. The van der Waals surface area contributed by atoms with Crippen LogP contribution in [-0.2, 0) is 11.3 Å². The topological polar surface area (TPSA) is 94.4 Å². The average Bonchev–Trinajstić information content (AvgIpc) is 3.44. The highest BCUT2D eigenvalue weighted by molar-refractivity contribution is 7.13. The van der Waals surface area contributed by atoms with Crippen LogP contribution in [0.1, 0.15) is 27.4 Å². The van der Waals surface area contributed by atoms with E-state index in [0.717, 1.165) is 53.9 Å². The van der Waals surface area contributed by atoms with Gasteiger partial charge in [-0.05, 0) is 19.9 Å². The summed E-state index contributed by atoms with van der Waals surface area (Å²) in [4.78, 5) is 24.8. The fraction of sp³-hybridized carbons (Fsp3) is 0.333. The number of nitrogens with zero attached hydrogens (tertiary/aromatic N) is 5. The second-order valence-corrected chi connectivity index (χ2v) is 8.94. The first-order valence-corrected chi connectivity index (χ1v) is 12.0. The molecule has 0 unspecified atom stereocenters. The molecule has 1 aliphatic heterocycles. The van der Waals surface area contributed by atoms with Crippen molar-refractivity contribution < 1.29 is 14.3 Å². The number of hydrogen-bond acceptors (Lipinski definition) is 8. The Bertz CT molecular complexity index is 1340. The van der Waals surface area contributed by atoms with Gasteiger partial charge in [0.2, 0.25) is 5.88 Å². The van der Waals surface area contributed by atoms with Gasteiger partial charge in [-0.1, -0.05) is 18.2 Å². The summed E-state index contributed by atoms with van der Waals surface area (Å²) in [5.41, 5.74) is 4.48. The number of amides is 1. The third-order valence-corrected chi connectivity index (χ3v) is 6.85. The Morgan fingerprint density at radius 2 is 2.00 bits per heavy atom. The minimum atomic E-state index is -0.231. The van der Waals surface area contributed by atoms with Gasteiger partial charge in [0.1, 0.15) is 0 Å². The normalized spacial score (nSPS) is 13.9. The number of methoxy groups -OCH3 is 1. The van der Waals surface area contributed by atoms with Crippen LogP contribution < -0.4 is 15.0 Å². The third-order valence-electron chi connectivity index (χ3n) is 5.90. The zero-order valence-corrected chi connectivity index (χ0v) is 20.2. The second kappa shape index (κ2) is 9.40. The fourth-order valence-corrected chi connectivity index (χ4v) is 4.95. The number of thiazole rings is 1. The molecule has 0 spiro atoms. The van der Waals surface area contributed by atoms with Crippen molar-refractivity contribution in [3.8, 4) is 5.88 Å². The van der Waals surface area contributed by atoms with Crippen molar-refractivity contribution in [1.29, 1.82) is 0 Å². The number of pyridine rings is 1. The molecule has 176 valence electrons. The van der Waals surface area contributed by atoms with Gasteiger partial charge in [-0.15, -0.1) is 11.3 Å². The van der Waals surface area contributed by atoms with Gasteiger partial charge in [-0.25, -0.2) is 9.97 Å². The molecule has 4 aromatic rings. The number of carbonyl (C=O) groups is 1. The summed E-state index contributed by atoms with van der Waals surface area (Å²) < 4.78 is 12.6. The van der Waals surface area contributed by atoms with E-state index in [1.807, 2.05) is 42.8 Å². The number of nitrogens with one attached hydrogen (secondary N) is 1. The molecule has 5 rings (SSSR count). The Morgan fingerprint density at radius 3 is 2.79 bits per heavy atom. The number of morpholine rings is 1. The third kappa shape index (κ3) is 4.34. The van der Waals surface area contributed by atoms with E-state index in [1.165, 1.54) is 0 Å². The molecule has 4 heterocycles. The molecular weight excluding hydrogens is 452 g/mol. The summed E-state index contributed by atoms with van der Waals surface area (Å²) in [7, 11) is 1.54. The molecule has 34 heavy (non-hydrogen) atoms. The standard InChI is InChI=1S/C24H26N6O3S/c1-15-22(27-23(31)19-12-21(32-3)26-20-7-5-4-6-18(19)20)16(2)30(28-15)13-17-14-34-24(25-17)29-8-10-33-11-9-29/h4-7,12,14H,8-11,13H2,1-3H3,(H,27,31). The molecule has 10 heteroatoms. The largest absolute Gasteiger partial charge is 0.481 e. The van der Waals surface area contributed by atoms with Crippen LogP contribution in [-0.4, -0.2) is 59.1 Å². The van der Waals surface area contributed by atoms with Crippen LogP contribution in [0.3, 0.4) is 0 Å². The Morgan fingerprint density at radius 1 is 1.21 bits per heavy atom. The summed E-state index contributed by atoms with van der Waals surface area (Å²) in [6.07, 6.45) is 0. The Kier molecular flexibility index (Phi) is 6.16. The van der Waals surface area contributed by atoms with Crippen LogP contribution >= 0.6 is 11.3 Å². The highest BCUT2D eigenvalue weighted by Gasteiger charge is 2.20. The van der Waals surface area contributed by atoms with E-state index >= 15 is 0 Å². The zero-order valence-electron chi connectivity index (χ0n) is 19.4. The van der Waals surface area contributed by atoms with Gasteiger partial charge < -0.3 is 19.7 Å². The molecule has 1 N–H and O–H groups in total. The monoisotopic (exact) mass is 478 g/mol. The van der Waals surface area contributed by atoms with Crippen LogP contribution in [0, 0.1) is 13.8 Å². The summed E-state index contributed by atoms with van der Waals surface area (Å²) in [5.74, 6) is 0.165. The number of ether oxygens (including phenoxy) is 2. The maximum Gasteiger partial charge on any atom is 0.256 e. The maximum absolute atomic E-state index is 13.3. The first kappa shape index (κ1) is 22.3. The van der Waals surface area contributed by atoms with E-state index in [4.69, 9.17) is 14.5 Å². The van der Waals surface area contributed by atoms with Crippen LogP contribution in [0.2, 0.25) is 0 Å². The number of para-hydroxylation sites is 1. The summed E-state index contributed by atoms with van der Waals surface area (Å²) in [6.45, 7) is 7.56. The quantitative estimate of drug-likeness (QED) is 0.452. The molecule has 0 bridgehead atoms. The van der Waals surface area contributed by atoms with Crippen molar-refractivity contribution in [2.45, 2.75) is 20.4 Å². The minimum absolute atomic E-state index is 0.231. The fourth-order valence-electron chi connectivity index (χ4n) is 4.08. The number of aryl methyl sites for hydroxylation is 1. The van der Waals surface area contributed by atoms with Crippen molar-refractivity contribution in [3.63, 3.8) is 0 Å². The van der Waals surface area contributed by atoms with Crippen molar-refractivity contribution in [2.24, 2.45) is 0 Å². The molecule has 0 atom stereocenters. The number of carbonyl (C=O) groups excluding carboxylic acids is 1. The van der Waals surface area contributed by atoms with Gasteiger partial charge in [-0.3, -0.25) is 9.48 Å². The van der Waals surface area contributed by atoms with E-state index in [-0.39, 0.29) is 5.91 Å². The van der Waals surface area contributed by atoms with Gasteiger partial charge in [0.05, 0.1) is 60.7 Å². The van der Waals surface area contributed by atoms with E-state index in [9.17, 15) is 4.79 Å². The molecule has 0 saturated carbocycles. The molecule has 1 aliphatic rings. The minimum Gasteiger partial charge on any atom is -0.481 e. The summed E-state index contributed by atoms with van der Waals surface area (Å²) in [6, 6.07) is 9.18. The molecular formula is C24H26N6O3S. The maximum atomic E-state index is 13.3. The highest BCUT2D eigenvalue weighted by atomic mass is 32.1. The Balaban J connectivity index is 1.37. The second-order valence-electron chi connectivity index (χ2n) is 8.11. The van der Waals surface area contributed by atoms with Gasteiger partial charge in [0.15, 0.2) is 5.13 Å². The predicted octanol–water partition coefficient (Wildman–Crippen LogP) is 3.65. The highest BCUT2D eigenvalue weighted by Crippen LogP contribution is 2.27. The molecule has 1 saturated heterocycles. The van der Waals surface area contributed by atoms with Gasteiger partial charge in [0, 0.05) is 29.9 Å². The summed E-state index contributed by atoms with van der Waals surface area (Å²) in [5, 5.41) is 11.6. The van der Waals surface area contributed by atoms with E-state index in [1.54, 1.807) is 24.5 Å². The lowest BCUT2D eigenvalue weighted by Gasteiger charge is -2.26. The first-order chi connectivity index (χ1) is 16.5. The average molecular weight is 479 g/mol. The first-order valence-electron chi connectivity index (χ1n) is 11.1. The molecule has 1 aromatic carbocycles. The van der Waals surface area contributed by atoms with Gasteiger partial charge in [-0.2, -0.15) is 5.10 Å². The molecule has 3 aromatic heterocycles. The predicted molar refractivity (Wildman–Crippen MR) is 132 cm³/mol. The van der Waals surface area contributed by atoms with E-state index in [2.05, 4.69) is 25.7 Å². The Hall–Kier alpha value is -3.50. The lowest BCUT2D eigenvalue weighted by molar-refractivity contribution is 0.102. The lowest BCUT2D eigenvalue weighted by atomic mass is 10.1. The van der Waals surface area contributed by atoms with Crippen molar-refractivity contribution >= 4 is 39.0 Å². The molecule has 0 aliphatic carbocycles. The summed E-state index contributed by atoms with van der Waals surface area (Å²) >= 11 is 1.64. The number of anilines is 2. The van der Waals surface area contributed by atoms with Crippen LogP contribution in [0.4, 0.5) is 10.8 Å². The van der Waals surface area contributed by atoms with Crippen molar-refractivity contribution in [1.82, 2.24) is 19.7 Å². The number of fused-ring (bicyclic) bond motifs is 1. The van der Waals surface area contributed by atoms with Gasteiger partial charge >= 0.3 is 0 Å². The molecule has 0 radical (unpaired) electrons. The zero-order chi connectivity index (χ0) is 23.7. The van der Waals surface area contributed by atoms with Crippen LogP contribution in [0.5, 0.6) is 5.88 Å². The molecule has 1 amide bonds. The van der Waals surface area contributed by atoms with Crippen LogP contribution in [0.15, 0.2) is 35.7 Å². The van der Waals surface area contributed by atoms with Crippen molar-refractivity contribution in [2.75, 3.05) is 43.6 Å². The lowest BCUT2D eigenvalue weighted by Crippen LogP contribution is -2.36. The Labute approximate surface area is 201 Å². The van der Waals surface area contributed by atoms with E-state index in [0.29, 0.717) is 29.2 Å².